The van der Waals surface area contributed by atoms with Gasteiger partial charge in [-0.3, -0.25) is 10.1 Å². The molecule has 0 atom stereocenters. The Morgan fingerprint density at radius 2 is 1.52 bits per heavy atom. The first kappa shape index (κ1) is 14.4. The van der Waals surface area contributed by atoms with Gasteiger partial charge in [-0.15, -0.1) is 0 Å². The number of nitro groups is 1. The molecule has 21 heavy (non-hydrogen) atoms. The van der Waals surface area contributed by atoms with Crippen LogP contribution in [0.5, 0.6) is 23.0 Å². The quantitative estimate of drug-likeness (QED) is 0.516. The summed E-state index contributed by atoms with van der Waals surface area (Å²) in [4.78, 5) is 10.5. The molecule has 0 aromatic heterocycles. The van der Waals surface area contributed by atoms with E-state index < -0.39 is 4.92 Å². The molecule has 0 fully saturated rings. The van der Waals surface area contributed by atoms with Crippen LogP contribution < -0.4 is 19.9 Å². The summed E-state index contributed by atoms with van der Waals surface area (Å²) in [7, 11) is 2.94. The van der Waals surface area contributed by atoms with Gasteiger partial charge in [0.25, 0.3) is 0 Å². The normalized spacial score (nSPS) is 10.0. The fraction of sp³-hybridized carbons (Fsp3) is 0.143. The van der Waals surface area contributed by atoms with Crippen LogP contribution >= 0.6 is 0 Å². The highest BCUT2D eigenvalue weighted by atomic mass is 16.6. The van der Waals surface area contributed by atoms with Crippen molar-refractivity contribution in [1.29, 1.82) is 0 Å². The van der Waals surface area contributed by atoms with Gasteiger partial charge >= 0.3 is 5.69 Å². The summed E-state index contributed by atoms with van der Waals surface area (Å²) in [6.45, 7) is 0. The summed E-state index contributed by atoms with van der Waals surface area (Å²) < 4.78 is 16.0. The number of methoxy groups -OCH3 is 2. The first-order valence-electron chi connectivity index (χ1n) is 6.00. The van der Waals surface area contributed by atoms with Crippen molar-refractivity contribution >= 4 is 11.4 Å². The molecular formula is C14H14N2O5. The molecule has 0 aliphatic heterocycles. The van der Waals surface area contributed by atoms with E-state index in [0.717, 1.165) is 0 Å². The largest absolute Gasteiger partial charge is 0.493 e. The van der Waals surface area contributed by atoms with Gasteiger partial charge in [0.15, 0.2) is 11.5 Å². The number of hydrogen-bond acceptors (Lipinski definition) is 6. The van der Waals surface area contributed by atoms with Crippen molar-refractivity contribution < 1.29 is 19.1 Å². The SMILES string of the molecule is COc1cccc(OC)c1Oc1cccc(N)c1[N+](=O)[O-]. The highest BCUT2D eigenvalue weighted by molar-refractivity contribution is 5.67. The Morgan fingerprint density at radius 3 is 2.05 bits per heavy atom. The molecule has 2 aromatic rings. The number of anilines is 1. The van der Waals surface area contributed by atoms with Crippen molar-refractivity contribution in [3.05, 3.63) is 46.5 Å². The Bertz CT molecular complexity index is 650. The molecule has 0 heterocycles. The highest BCUT2D eigenvalue weighted by Gasteiger charge is 2.22. The molecule has 2 aromatic carbocycles. The number of hydrogen-bond donors (Lipinski definition) is 1. The summed E-state index contributed by atoms with van der Waals surface area (Å²) in [5.41, 5.74) is 5.35. The van der Waals surface area contributed by atoms with Crippen LogP contribution in [0.25, 0.3) is 0 Å². The lowest BCUT2D eigenvalue weighted by Gasteiger charge is -2.14. The third kappa shape index (κ3) is 2.81. The van der Waals surface area contributed by atoms with Gasteiger partial charge < -0.3 is 19.9 Å². The molecular weight excluding hydrogens is 276 g/mol. The van der Waals surface area contributed by atoms with E-state index in [9.17, 15) is 10.1 Å². The van der Waals surface area contributed by atoms with Crippen LogP contribution in [0, 0.1) is 10.1 Å². The topological polar surface area (TPSA) is 96.8 Å². The van der Waals surface area contributed by atoms with Crippen LogP contribution in [0.2, 0.25) is 0 Å². The predicted octanol–water partition coefficient (Wildman–Crippen LogP) is 2.99. The van der Waals surface area contributed by atoms with Gasteiger partial charge in [-0.05, 0) is 24.3 Å². The second kappa shape index (κ2) is 6.00. The number of nitrogens with zero attached hydrogens (tertiary/aromatic N) is 1. The summed E-state index contributed by atoms with van der Waals surface area (Å²) in [5.74, 6) is 1.05. The highest BCUT2D eigenvalue weighted by Crippen LogP contribution is 2.43. The lowest BCUT2D eigenvalue weighted by atomic mass is 10.2. The van der Waals surface area contributed by atoms with E-state index in [2.05, 4.69) is 0 Å². The lowest BCUT2D eigenvalue weighted by Crippen LogP contribution is -2.00. The van der Waals surface area contributed by atoms with Gasteiger partial charge in [0.05, 0.1) is 19.1 Å². The monoisotopic (exact) mass is 290 g/mol. The first-order chi connectivity index (χ1) is 10.1. The Labute approximate surface area is 121 Å². The molecule has 0 aliphatic carbocycles. The van der Waals surface area contributed by atoms with Crippen molar-refractivity contribution in [2.24, 2.45) is 0 Å². The molecule has 2 rings (SSSR count). The fourth-order valence-corrected chi connectivity index (χ4v) is 1.84. The zero-order chi connectivity index (χ0) is 15.4. The summed E-state index contributed by atoms with van der Waals surface area (Å²) >= 11 is 0. The van der Waals surface area contributed by atoms with Gasteiger partial charge in [0, 0.05) is 0 Å². The molecule has 2 N–H and O–H groups in total. The molecule has 7 heteroatoms. The van der Waals surface area contributed by atoms with Gasteiger partial charge in [0.2, 0.25) is 11.5 Å². The number of benzene rings is 2. The number of rotatable bonds is 5. The lowest BCUT2D eigenvalue weighted by molar-refractivity contribution is -0.384. The molecule has 110 valence electrons. The Hall–Kier alpha value is -2.96. The van der Waals surface area contributed by atoms with Crippen LogP contribution in [0.1, 0.15) is 0 Å². The number of ether oxygens (including phenoxy) is 3. The van der Waals surface area contributed by atoms with E-state index in [0.29, 0.717) is 11.5 Å². The average Bonchev–Trinajstić information content (AvgIpc) is 2.47. The van der Waals surface area contributed by atoms with Crippen molar-refractivity contribution in [2.45, 2.75) is 0 Å². The van der Waals surface area contributed by atoms with Crippen LogP contribution in [-0.4, -0.2) is 19.1 Å². The molecule has 0 radical (unpaired) electrons. The smallest absolute Gasteiger partial charge is 0.334 e. The van der Waals surface area contributed by atoms with E-state index in [4.69, 9.17) is 19.9 Å². The summed E-state index contributed by atoms with van der Waals surface area (Å²) in [6, 6.07) is 9.51. The minimum atomic E-state index is -0.591. The molecule has 0 bridgehead atoms. The van der Waals surface area contributed by atoms with Crippen molar-refractivity contribution in [3.8, 4) is 23.0 Å². The van der Waals surface area contributed by atoms with Crippen LogP contribution in [0.3, 0.4) is 0 Å². The average molecular weight is 290 g/mol. The van der Waals surface area contributed by atoms with Crippen molar-refractivity contribution in [1.82, 2.24) is 0 Å². The Kier molecular flexibility index (Phi) is 4.13. The maximum atomic E-state index is 11.1. The predicted molar refractivity (Wildman–Crippen MR) is 77.1 cm³/mol. The van der Waals surface area contributed by atoms with Crippen LogP contribution in [0.4, 0.5) is 11.4 Å². The summed E-state index contributed by atoms with van der Waals surface area (Å²) in [6.07, 6.45) is 0. The zero-order valence-electron chi connectivity index (χ0n) is 11.5. The number of nitrogen functional groups attached to an aromatic ring is 1. The minimum absolute atomic E-state index is 0.0165. The molecule has 0 saturated carbocycles. The fourth-order valence-electron chi connectivity index (χ4n) is 1.84. The van der Waals surface area contributed by atoms with Gasteiger partial charge in [-0.25, -0.2) is 0 Å². The van der Waals surface area contributed by atoms with Gasteiger partial charge in [-0.1, -0.05) is 12.1 Å². The van der Waals surface area contributed by atoms with Crippen LogP contribution in [0.15, 0.2) is 36.4 Å². The maximum Gasteiger partial charge on any atom is 0.334 e. The maximum absolute atomic E-state index is 11.1. The minimum Gasteiger partial charge on any atom is -0.493 e. The van der Waals surface area contributed by atoms with Gasteiger partial charge in [-0.2, -0.15) is 0 Å². The number of nitro benzene ring substituents is 1. The second-order valence-electron chi connectivity index (χ2n) is 4.04. The second-order valence-corrected chi connectivity index (χ2v) is 4.04. The van der Waals surface area contributed by atoms with E-state index in [1.807, 2.05) is 0 Å². The third-order valence-corrected chi connectivity index (χ3v) is 2.81. The third-order valence-electron chi connectivity index (χ3n) is 2.81. The van der Waals surface area contributed by atoms with Crippen molar-refractivity contribution in [3.63, 3.8) is 0 Å². The Balaban J connectivity index is 2.53. The molecule has 0 aliphatic rings. The molecule has 0 amide bonds. The molecule has 7 nitrogen and oxygen atoms in total. The Morgan fingerprint density at radius 1 is 1.00 bits per heavy atom. The molecule has 0 spiro atoms. The van der Waals surface area contributed by atoms with E-state index in [1.54, 1.807) is 24.3 Å². The van der Waals surface area contributed by atoms with Crippen molar-refractivity contribution in [2.75, 3.05) is 20.0 Å². The van der Waals surface area contributed by atoms with E-state index >= 15 is 0 Å². The first-order valence-corrected chi connectivity index (χ1v) is 6.00. The van der Waals surface area contributed by atoms with Gasteiger partial charge in [0.1, 0.15) is 5.69 Å². The van der Waals surface area contributed by atoms with Crippen LogP contribution in [-0.2, 0) is 0 Å². The zero-order valence-corrected chi connectivity index (χ0v) is 11.5. The number of nitrogens with two attached hydrogens (primary N) is 1. The summed E-state index contributed by atoms with van der Waals surface area (Å²) in [5, 5.41) is 11.1. The standard InChI is InChI=1S/C14H14N2O5/c1-19-11-7-4-8-12(20-2)14(11)21-10-6-3-5-9(15)13(10)16(17)18/h3-8H,15H2,1-2H3. The molecule has 0 unspecified atom stereocenters. The molecule has 0 saturated heterocycles. The number of para-hydroxylation sites is 2. The van der Waals surface area contributed by atoms with E-state index in [1.165, 1.54) is 26.4 Å². The van der Waals surface area contributed by atoms with E-state index in [-0.39, 0.29) is 22.9 Å².